The summed E-state index contributed by atoms with van der Waals surface area (Å²) in [7, 11) is 0. The summed E-state index contributed by atoms with van der Waals surface area (Å²) in [6, 6.07) is 8.45. The van der Waals surface area contributed by atoms with Gasteiger partial charge < -0.3 is 20.5 Å². The molecule has 0 aliphatic carbocycles. The van der Waals surface area contributed by atoms with E-state index in [1.54, 1.807) is 34.6 Å². The second-order valence-electron chi connectivity index (χ2n) is 7.05. The van der Waals surface area contributed by atoms with E-state index in [1.165, 1.54) is 0 Å². The standard InChI is InChI=1S/C18H28N2O4/c1-12(2)19-16(22)15(21)14(11-13-9-7-6-8-10-13)20-17(23)24-18(3,4)5/h6-10,12,14-15,21H,11H2,1-5H3,(H,19,22)(H,20,23). The third-order valence-corrected chi connectivity index (χ3v) is 3.08. The van der Waals surface area contributed by atoms with Crippen LogP contribution in [0.2, 0.25) is 0 Å². The summed E-state index contributed by atoms with van der Waals surface area (Å²) in [4.78, 5) is 24.1. The first-order chi connectivity index (χ1) is 11.1. The molecule has 6 heteroatoms. The van der Waals surface area contributed by atoms with Crippen LogP contribution in [-0.4, -0.2) is 40.9 Å². The smallest absolute Gasteiger partial charge is 0.407 e. The Morgan fingerprint density at radius 3 is 2.21 bits per heavy atom. The lowest BCUT2D eigenvalue weighted by molar-refractivity contribution is -0.131. The van der Waals surface area contributed by atoms with Crippen LogP contribution in [0.5, 0.6) is 0 Å². The summed E-state index contributed by atoms with van der Waals surface area (Å²) >= 11 is 0. The molecule has 0 saturated heterocycles. The van der Waals surface area contributed by atoms with E-state index in [4.69, 9.17) is 4.74 Å². The summed E-state index contributed by atoms with van der Waals surface area (Å²) in [6.07, 6.45) is -1.73. The summed E-state index contributed by atoms with van der Waals surface area (Å²) in [5.41, 5.74) is 0.238. The molecule has 0 spiro atoms. The highest BCUT2D eigenvalue weighted by atomic mass is 16.6. The highest BCUT2D eigenvalue weighted by Crippen LogP contribution is 2.10. The Hall–Kier alpha value is -2.08. The van der Waals surface area contributed by atoms with Gasteiger partial charge in [-0.1, -0.05) is 30.3 Å². The number of hydrogen-bond donors (Lipinski definition) is 3. The molecule has 24 heavy (non-hydrogen) atoms. The van der Waals surface area contributed by atoms with Crippen molar-refractivity contribution in [2.45, 2.75) is 64.8 Å². The van der Waals surface area contributed by atoms with Gasteiger partial charge in [-0.2, -0.15) is 0 Å². The second kappa shape index (κ2) is 8.68. The van der Waals surface area contributed by atoms with E-state index in [0.29, 0.717) is 6.42 Å². The molecule has 0 heterocycles. The van der Waals surface area contributed by atoms with Crippen molar-refractivity contribution >= 4 is 12.0 Å². The maximum atomic E-state index is 12.1. The monoisotopic (exact) mass is 336 g/mol. The Bertz CT molecular complexity index is 538. The van der Waals surface area contributed by atoms with Crippen LogP contribution >= 0.6 is 0 Å². The Balaban J connectivity index is 2.86. The quantitative estimate of drug-likeness (QED) is 0.741. The van der Waals surface area contributed by atoms with E-state index in [9.17, 15) is 14.7 Å². The van der Waals surface area contributed by atoms with Gasteiger partial charge in [-0.15, -0.1) is 0 Å². The van der Waals surface area contributed by atoms with E-state index in [-0.39, 0.29) is 6.04 Å². The first kappa shape index (κ1) is 20.0. The predicted molar refractivity (Wildman–Crippen MR) is 92.6 cm³/mol. The maximum absolute atomic E-state index is 12.1. The van der Waals surface area contributed by atoms with Crippen molar-refractivity contribution in [1.29, 1.82) is 0 Å². The zero-order valence-corrected chi connectivity index (χ0v) is 15.0. The van der Waals surface area contributed by atoms with Gasteiger partial charge in [-0.3, -0.25) is 4.79 Å². The molecule has 2 amide bonds. The highest BCUT2D eigenvalue weighted by Gasteiger charge is 2.29. The molecule has 3 N–H and O–H groups in total. The molecule has 0 aromatic heterocycles. The minimum atomic E-state index is -1.37. The number of benzene rings is 1. The van der Waals surface area contributed by atoms with Gasteiger partial charge >= 0.3 is 6.09 Å². The van der Waals surface area contributed by atoms with Crippen LogP contribution < -0.4 is 10.6 Å². The fraction of sp³-hybridized carbons (Fsp3) is 0.556. The van der Waals surface area contributed by atoms with Crippen LogP contribution in [0.25, 0.3) is 0 Å². The largest absolute Gasteiger partial charge is 0.444 e. The summed E-state index contributed by atoms with van der Waals surface area (Å²) < 4.78 is 5.22. The van der Waals surface area contributed by atoms with E-state index in [2.05, 4.69) is 10.6 Å². The normalized spacial score (nSPS) is 14.0. The van der Waals surface area contributed by atoms with Crippen molar-refractivity contribution in [3.63, 3.8) is 0 Å². The van der Waals surface area contributed by atoms with Crippen molar-refractivity contribution in [2.24, 2.45) is 0 Å². The fourth-order valence-electron chi connectivity index (χ4n) is 2.12. The number of ether oxygens (including phenoxy) is 1. The molecule has 0 aliphatic heterocycles. The topological polar surface area (TPSA) is 87.7 Å². The number of alkyl carbamates (subject to hydrolysis) is 1. The third-order valence-electron chi connectivity index (χ3n) is 3.08. The molecular formula is C18H28N2O4. The minimum Gasteiger partial charge on any atom is -0.444 e. The molecule has 0 radical (unpaired) electrons. The lowest BCUT2D eigenvalue weighted by atomic mass is 10.0. The highest BCUT2D eigenvalue weighted by molar-refractivity contribution is 5.82. The molecule has 1 aromatic rings. The van der Waals surface area contributed by atoms with Gasteiger partial charge in [0.15, 0.2) is 6.10 Å². The lowest BCUT2D eigenvalue weighted by Gasteiger charge is -2.26. The predicted octanol–water partition coefficient (Wildman–Crippen LogP) is 2.01. The van der Waals surface area contributed by atoms with Gasteiger partial charge in [-0.05, 0) is 46.6 Å². The fourth-order valence-corrected chi connectivity index (χ4v) is 2.12. The van der Waals surface area contributed by atoms with Gasteiger partial charge in [0, 0.05) is 6.04 Å². The first-order valence-corrected chi connectivity index (χ1v) is 8.10. The molecule has 0 fully saturated rings. The van der Waals surface area contributed by atoms with Crippen molar-refractivity contribution in [2.75, 3.05) is 0 Å². The van der Waals surface area contributed by atoms with E-state index in [1.807, 2.05) is 30.3 Å². The molecule has 6 nitrogen and oxygen atoms in total. The number of nitrogens with one attached hydrogen (secondary N) is 2. The average molecular weight is 336 g/mol. The van der Waals surface area contributed by atoms with Crippen LogP contribution in [0, 0.1) is 0 Å². The Morgan fingerprint density at radius 1 is 1.12 bits per heavy atom. The van der Waals surface area contributed by atoms with Gasteiger partial charge in [0.05, 0.1) is 6.04 Å². The van der Waals surface area contributed by atoms with Crippen molar-refractivity contribution in [3.8, 4) is 0 Å². The van der Waals surface area contributed by atoms with Gasteiger partial charge in [0.1, 0.15) is 5.60 Å². The molecule has 134 valence electrons. The summed E-state index contributed by atoms with van der Waals surface area (Å²) in [5.74, 6) is -0.526. The Morgan fingerprint density at radius 2 is 1.71 bits per heavy atom. The molecule has 1 rings (SSSR count). The molecule has 0 saturated carbocycles. The van der Waals surface area contributed by atoms with Crippen molar-refractivity contribution in [1.82, 2.24) is 10.6 Å². The van der Waals surface area contributed by atoms with E-state index in [0.717, 1.165) is 5.56 Å². The summed E-state index contributed by atoms with van der Waals surface area (Å²) in [6.45, 7) is 8.86. The van der Waals surface area contributed by atoms with Crippen molar-refractivity contribution < 1.29 is 19.4 Å². The molecule has 0 aliphatic rings. The molecule has 1 aromatic carbocycles. The SMILES string of the molecule is CC(C)NC(=O)C(O)C(Cc1ccccc1)NC(=O)OC(C)(C)C. The molecule has 2 unspecified atom stereocenters. The first-order valence-electron chi connectivity index (χ1n) is 8.10. The number of carbonyl (C=O) groups is 2. The third kappa shape index (κ3) is 7.46. The van der Waals surface area contributed by atoms with Crippen LogP contribution in [0.15, 0.2) is 30.3 Å². The zero-order valence-electron chi connectivity index (χ0n) is 15.0. The number of rotatable bonds is 6. The average Bonchev–Trinajstić information content (AvgIpc) is 2.44. The van der Waals surface area contributed by atoms with Crippen LogP contribution in [0.4, 0.5) is 4.79 Å². The number of amides is 2. The van der Waals surface area contributed by atoms with E-state index >= 15 is 0 Å². The Labute approximate surface area is 143 Å². The number of carbonyl (C=O) groups excluding carboxylic acids is 2. The van der Waals surface area contributed by atoms with Crippen molar-refractivity contribution in [3.05, 3.63) is 35.9 Å². The molecule has 2 atom stereocenters. The summed E-state index contributed by atoms with van der Waals surface area (Å²) in [5, 5.41) is 15.6. The number of aliphatic hydroxyl groups is 1. The lowest BCUT2D eigenvalue weighted by Crippen LogP contribution is -2.53. The maximum Gasteiger partial charge on any atom is 0.407 e. The minimum absolute atomic E-state index is 0.106. The van der Waals surface area contributed by atoms with Crippen LogP contribution in [0.1, 0.15) is 40.2 Å². The second-order valence-corrected chi connectivity index (χ2v) is 7.05. The number of hydrogen-bond acceptors (Lipinski definition) is 4. The van der Waals surface area contributed by atoms with Crippen LogP contribution in [-0.2, 0) is 16.0 Å². The van der Waals surface area contributed by atoms with Crippen LogP contribution in [0.3, 0.4) is 0 Å². The van der Waals surface area contributed by atoms with Gasteiger partial charge in [0.2, 0.25) is 0 Å². The Kier molecular flexibility index (Phi) is 7.22. The van der Waals surface area contributed by atoms with E-state index < -0.39 is 29.7 Å². The van der Waals surface area contributed by atoms with Gasteiger partial charge in [0.25, 0.3) is 5.91 Å². The zero-order chi connectivity index (χ0) is 18.3. The number of aliphatic hydroxyl groups excluding tert-OH is 1. The molecular weight excluding hydrogens is 308 g/mol. The van der Waals surface area contributed by atoms with Gasteiger partial charge in [-0.25, -0.2) is 4.79 Å². The molecule has 0 bridgehead atoms.